The first kappa shape index (κ1) is 16.7. The van der Waals surface area contributed by atoms with Crippen molar-refractivity contribution in [2.45, 2.75) is 11.8 Å². The van der Waals surface area contributed by atoms with Gasteiger partial charge in [-0.1, -0.05) is 0 Å². The van der Waals surface area contributed by atoms with Crippen LogP contribution in [0.4, 0.5) is 10.2 Å². The van der Waals surface area contributed by atoms with Crippen molar-refractivity contribution in [3.63, 3.8) is 0 Å². The number of carboxylic acids is 1. The highest BCUT2D eigenvalue weighted by Crippen LogP contribution is 2.24. The SMILES string of the molecule is COc1cc(NS(=O)(=O)c2cc(C)cc(C(=O)O)c2F)nn1C. The Bertz CT molecular complexity index is 876. The first-order valence-corrected chi connectivity index (χ1v) is 7.78. The molecule has 0 aliphatic carbocycles. The molecule has 0 spiro atoms. The van der Waals surface area contributed by atoms with Crippen LogP contribution in [0.15, 0.2) is 23.1 Å². The van der Waals surface area contributed by atoms with Crippen LogP contribution in [-0.2, 0) is 17.1 Å². The van der Waals surface area contributed by atoms with Crippen LogP contribution in [0.2, 0.25) is 0 Å². The number of nitrogens with one attached hydrogen (secondary N) is 1. The fourth-order valence-electron chi connectivity index (χ4n) is 1.97. The molecule has 0 amide bonds. The number of carboxylic acid groups (broad SMARTS) is 1. The number of anilines is 1. The van der Waals surface area contributed by atoms with E-state index < -0.39 is 32.3 Å². The number of ether oxygens (including phenoxy) is 1. The second kappa shape index (κ2) is 5.88. The molecule has 124 valence electrons. The van der Waals surface area contributed by atoms with Crippen LogP contribution in [-0.4, -0.2) is 36.4 Å². The van der Waals surface area contributed by atoms with Gasteiger partial charge in [0, 0.05) is 13.1 Å². The molecule has 0 saturated heterocycles. The van der Waals surface area contributed by atoms with Gasteiger partial charge in [0.05, 0.1) is 12.7 Å². The molecule has 1 heterocycles. The van der Waals surface area contributed by atoms with E-state index in [1.54, 1.807) is 0 Å². The van der Waals surface area contributed by atoms with Crippen molar-refractivity contribution in [3.05, 3.63) is 35.1 Å². The van der Waals surface area contributed by atoms with E-state index in [1.807, 2.05) is 0 Å². The zero-order valence-corrected chi connectivity index (χ0v) is 13.3. The molecule has 0 unspecified atom stereocenters. The minimum absolute atomic E-state index is 0.0814. The molecule has 2 rings (SSSR count). The molecule has 0 saturated carbocycles. The Morgan fingerprint density at radius 3 is 2.57 bits per heavy atom. The van der Waals surface area contributed by atoms with Gasteiger partial charge in [0.1, 0.15) is 4.90 Å². The van der Waals surface area contributed by atoms with Crippen molar-refractivity contribution in [2.75, 3.05) is 11.8 Å². The molecule has 0 aliphatic heterocycles. The van der Waals surface area contributed by atoms with Gasteiger partial charge in [0.25, 0.3) is 10.0 Å². The van der Waals surface area contributed by atoms with Crippen molar-refractivity contribution in [1.82, 2.24) is 9.78 Å². The molecule has 8 nitrogen and oxygen atoms in total. The zero-order chi connectivity index (χ0) is 17.4. The molecule has 0 fully saturated rings. The van der Waals surface area contributed by atoms with Crippen LogP contribution in [0, 0.1) is 12.7 Å². The van der Waals surface area contributed by atoms with Gasteiger partial charge in [-0.25, -0.2) is 22.3 Å². The third-order valence-electron chi connectivity index (χ3n) is 2.99. The Morgan fingerprint density at radius 2 is 2.04 bits per heavy atom. The summed E-state index contributed by atoms with van der Waals surface area (Å²) in [6.45, 7) is 1.47. The molecule has 0 aliphatic rings. The predicted molar refractivity (Wildman–Crippen MR) is 78.7 cm³/mol. The Kier molecular flexibility index (Phi) is 4.28. The summed E-state index contributed by atoms with van der Waals surface area (Å²) in [5.41, 5.74) is -0.424. The van der Waals surface area contributed by atoms with Crippen LogP contribution >= 0.6 is 0 Å². The average molecular weight is 343 g/mol. The Balaban J connectivity index is 2.49. The average Bonchev–Trinajstić information content (AvgIpc) is 2.79. The maximum absolute atomic E-state index is 14.2. The topological polar surface area (TPSA) is 111 Å². The van der Waals surface area contributed by atoms with Crippen molar-refractivity contribution >= 4 is 21.8 Å². The van der Waals surface area contributed by atoms with Crippen LogP contribution < -0.4 is 9.46 Å². The third kappa shape index (κ3) is 3.26. The quantitative estimate of drug-likeness (QED) is 0.848. The van der Waals surface area contributed by atoms with E-state index in [2.05, 4.69) is 9.82 Å². The van der Waals surface area contributed by atoms with Crippen molar-refractivity contribution in [2.24, 2.45) is 7.05 Å². The standard InChI is InChI=1S/C13H14FN3O5S/c1-7-4-8(13(18)19)12(14)9(5-7)23(20,21)16-10-6-11(22-3)17(2)15-10/h4-6H,1-3H3,(H,15,16)(H,18,19). The number of rotatable bonds is 5. The zero-order valence-electron chi connectivity index (χ0n) is 12.5. The highest BCUT2D eigenvalue weighted by Gasteiger charge is 2.25. The van der Waals surface area contributed by atoms with Crippen molar-refractivity contribution in [1.29, 1.82) is 0 Å². The second-order valence-corrected chi connectivity index (χ2v) is 6.38. The summed E-state index contributed by atoms with van der Waals surface area (Å²) in [6, 6.07) is 3.41. The van der Waals surface area contributed by atoms with E-state index in [9.17, 15) is 17.6 Å². The largest absolute Gasteiger partial charge is 0.481 e. The Morgan fingerprint density at radius 1 is 1.39 bits per heavy atom. The number of carbonyl (C=O) groups is 1. The lowest BCUT2D eigenvalue weighted by Gasteiger charge is -2.09. The first-order chi connectivity index (χ1) is 10.7. The van der Waals surface area contributed by atoms with Crippen molar-refractivity contribution in [3.8, 4) is 5.88 Å². The number of aryl methyl sites for hydroxylation is 2. The Hall–Kier alpha value is -2.62. The summed E-state index contributed by atoms with van der Waals surface area (Å²) in [5, 5.41) is 12.8. The molecule has 1 aromatic heterocycles. The maximum atomic E-state index is 14.2. The fourth-order valence-corrected chi connectivity index (χ4v) is 3.14. The Labute approximate surface area is 131 Å². The molecule has 2 N–H and O–H groups in total. The molecule has 0 bridgehead atoms. The van der Waals surface area contributed by atoms with Crippen molar-refractivity contribution < 1.29 is 27.4 Å². The van der Waals surface area contributed by atoms with E-state index in [1.165, 1.54) is 31.8 Å². The second-order valence-electron chi connectivity index (χ2n) is 4.73. The van der Waals surface area contributed by atoms with Gasteiger partial charge in [0.2, 0.25) is 5.88 Å². The first-order valence-electron chi connectivity index (χ1n) is 6.30. The highest BCUT2D eigenvalue weighted by atomic mass is 32.2. The summed E-state index contributed by atoms with van der Waals surface area (Å²) in [7, 11) is -1.44. The number of hydrogen-bond acceptors (Lipinski definition) is 5. The lowest BCUT2D eigenvalue weighted by molar-refractivity contribution is 0.0691. The molecular formula is C13H14FN3O5S. The van der Waals surface area contributed by atoms with Crippen LogP contribution in [0.5, 0.6) is 5.88 Å². The number of methoxy groups -OCH3 is 1. The van der Waals surface area contributed by atoms with Gasteiger partial charge in [-0.05, 0) is 24.6 Å². The highest BCUT2D eigenvalue weighted by molar-refractivity contribution is 7.92. The molecule has 2 aromatic rings. The third-order valence-corrected chi connectivity index (χ3v) is 4.34. The summed E-state index contributed by atoms with van der Waals surface area (Å²) in [4.78, 5) is 10.2. The molecule has 1 aromatic carbocycles. The minimum Gasteiger partial charge on any atom is -0.481 e. The van der Waals surface area contributed by atoms with E-state index in [0.29, 0.717) is 11.4 Å². The number of halogens is 1. The lowest BCUT2D eigenvalue weighted by atomic mass is 10.1. The number of nitrogens with zero attached hydrogens (tertiary/aromatic N) is 2. The number of aromatic nitrogens is 2. The number of benzene rings is 1. The predicted octanol–water partition coefficient (Wildman–Crippen LogP) is 1.38. The van der Waals surface area contributed by atoms with Gasteiger partial charge >= 0.3 is 5.97 Å². The van der Waals surface area contributed by atoms with Crippen LogP contribution in [0.3, 0.4) is 0 Å². The number of hydrogen-bond donors (Lipinski definition) is 2. The molecule has 0 atom stereocenters. The van der Waals surface area contributed by atoms with Gasteiger partial charge in [-0.15, -0.1) is 0 Å². The molecular weight excluding hydrogens is 329 g/mol. The molecule has 23 heavy (non-hydrogen) atoms. The summed E-state index contributed by atoms with van der Waals surface area (Å²) in [6.07, 6.45) is 0. The van der Waals surface area contributed by atoms with Gasteiger partial charge < -0.3 is 9.84 Å². The number of sulfonamides is 1. The monoisotopic (exact) mass is 343 g/mol. The van der Waals surface area contributed by atoms with E-state index in [-0.39, 0.29) is 5.82 Å². The normalized spacial score (nSPS) is 11.3. The lowest BCUT2D eigenvalue weighted by Crippen LogP contribution is -2.17. The van der Waals surface area contributed by atoms with Gasteiger partial charge in [-0.2, -0.15) is 5.10 Å². The van der Waals surface area contributed by atoms with Crippen LogP contribution in [0.1, 0.15) is 15.9 Å². The van der Waals surface area contributed by atoms with Gasteiger partial charge in [-0.3, -0.25) is 4.72 Å². The van der Waals surface area contributed by atoms with Gasteiger partial charge in [0.15, 0.2) is 11.6 Å². The summed E-state index contributed by atoms with van der Waals surface area (Å²) >= 11 is 0. The fraction of sp³-hybridized carbons (Fsp3) is 0.231. The smallest absolute Gasteiger partial charge is 0.338 e. The maximum Gasteiger partial charge on any atom is 0.338 e. The van der Waals surface area contributed by atoms with E-state index >= 15 is 0 Å². The van der Waals surface area contributed by atoms with E-state index in [0.717, 1.165) is 12.1 Å². The molecule has 0 radical (unpaired) electrons. The minimum atomic E-state index is -4.35. The molecule has 10 heteroatoms. The number of aromatic carboxylic acids is 1. The summed E-state index contributed by atoms with van der Waals surface area (Å²) in [5.74, 6) is -2.68. The van der Waals surface area contributed by atoms with Crippen LogP contribution in [0.25, 0.3) is 0 Å². The van der Waals surface area contributed by atoms with E-state index in [4.69, 9.17) is 9.84 Å². The summed E-state index contributed by atoms with van der Waals surface area (Å²) < 4.78 is 47.2.